The van der Waals surface area contributed by atoms with Gasteiger partial charge >= 0.3 is 0 Å². The number of anilines is 2. The summed E-state index contributed by atoms with van der Waals surface area (Å²) in [6.45, 7) is -0.645. The van der Waals surface area contributed by atoms with E-state index in [0.29, 0.717) is 10.4 Å². The van der Waals surface area contributed by atoms with Gasteiger partial charge in [0, 0.05) is 21.8 Å². The highest BCUT2D eigenvalue weighted by Crippen LogP contribution is 2.23. The van der Waals surface area contributed by atoms with E-state index in [0.717, 1.165) is 18.4 Å². The van der Waals surface area contributed by atoms with E-state index in [1.807, 2.05) is 0 Å². The summed E-state index contributed by atoms with van der Waals surface area (Å²) < 4.78 is 50.9. The van der Waals surface area contributed by atoms with Crippen molar-refractivity contribution >= 4 is 50.5 Å². The zero-order valence-corrected chi connectivity index (χ0v) is 15.1. The van der Waals surface area contributed by atoms with Gasteiger partial charge in [0.15, 0.2) is 11.6 Å². The van der Waals surface area contributed by atoms with Crippen LogP contribution in [0.1, 0.15) is 0 Å². The first-order valence-corrected chi connectivity index (χ1v) is 9.35. The van der Waals surface area contributed by atoms with Gasteiger partial charge in [-0.05, 0) is 30.3 Å². The molecule has 0 aromatic heterocycles. The molecule has 0 aliphatic carbocycles. The lowest BCUT2D eigenvalue weighted by Crippen LogP contribution is -2.37. The second kappa shape index (κ2) is 7.55. The quantitative estimate of drug-likeness (QED) is 0.820. The monoisotopic (exact) mass is 408 g/mol. The molecule has 25 heavy (non-hydrogen) atoms. The van der Waals surface area contributed by atoms with Crippen LogP contribution in [0.5, 0.6) is 0 Å². The van der Waals surface area contributed by atoms with Gasteiger partial charge in [0.05, 0.1) is 11.9 Å². The van der Waals surface area contributed by atoms with Crippen LogP contribution >= 0.6 is 23.2 Å². The molecule has 0 aliphatic rings. The van der Waals surface area contributed by atoms with E-state index in [9.17, 15) is 22.0 Å². The zero-order chi connectivity index (χ0) is 18.8. The summed E-state index contributed by atoms with van der Waals surface area (Å²) in [5.74, 6) is -3.07. The Labute approximate surface area is 153 Å². The Bertz CT molecular complexity index is 903. The Morgan fingerprint density at radius 1 is 1.08 bits per heavy atom. The average molecular weight is 409 g/mol. The lowest BCUT2D eigenvalue weighted by Gasteiger charge is -2.22. The van der Waals surface area contributed by atoms with Gasteiger partial charge < -0.3 is 5.32 Å². The Morgan fingerprint density at radius 2 is 1.68 bits per heavy atom. The average Bonchev–Trinajstić information content (AvgIpc) is 2.45. The normalized spacial score (nSPS) is 11.2. The van der Waals surface area contributed by atoms with E-state index in [-0.39, 0.29) is 21.4 Å². The van der Waals surface area contributed by atoms with Crippen molar-refractivity contribution in [2.75, 3.05) is 22.4 Å². The summed E-state index contributed by atoms with van der Waals surface area (Å²) in [5, 5.41) is 3.00. The fraction of sp³-hybridized carbons (Fsp3) is 0.133. The number of nitrogens with one attached hydrogen (secondary N) is 1. The number of benzene rings is 2. The van der Waals surface area contributed by atoms with Crippen LogP contribution in [0, 0.1) is 11.6 Å². The fourth-order valence-corrected chi connectivity index (χ4v) is 3.37. The number of carbonyl (C=O) groups excluding carboxylic acids is 1. The molecule has 10 heteroatoms. The largest absolute Gasteiger partial charge is 0.324 e. The van der Waals surface area contributed by atoms with Crippen LogP contribution in [-0.4, -0.2) is 27.1 Å². The number of nitrogens with zero attached hydrogens (tertiary/aromatic N) is 1. The molecule has 134 valence electrons. The van der Waals surface area contributed by atoms with Gasteiger partial charge in [-0.25, -0.2) is 17.2 Å². The van der Waals surface area contributed by atoms with Crippen molar-refractivity contribution < 1.29 is 22.0 Å². The number of hydrogen-bond acceptors (Lipinski definition) is 3. The predicted molar refractivity (Wildman–Crippen MR) is 93.6 cm³/mol. The first kappa shape index (κ1) is 19.4. The number of rotatable bonds is 5. The second-order valence-electron chi connectivity index (χ2n) is 5.07. The van der Waals surface area contributed by atoms with Gasteiger partial charge in [-0.15, -0.1) is 0 Å². The van der Waals surface area contributed by atoms with Crippen LogP contribution in [0.3, 0.4) is 0 Å². The third-order valence-corrected chi connectivity index (χ3v) is 4.60. The van der Waals surface area contributed by atoms with Crippen LogP contribution in [0.4, 0.5) is 20.2 Å². The lowest BCUT2D eigenvalue weighted by atomic mass is 10.3. The Kier molecular flexibility index (Phi) is 5.87. The van der Waals surface area contributed by atoms with E-state index in [1.165, 1.54) is 18.2 Å². The summed E-state index contributed by atoms with van der Waals surface area (Å²) in [4.78, 5) is 12.1. The molecule has 5 nitrogen and oxygen atoms in total. The molecule has 2 aromatic rings. The molecule has 0 radical (unpaired) electrons. The van der Waals surface area contributed by atoms with Crippen molar-refractivity contribution in [3.8, 4) is 0 Å². The molecular weight excluding hydrogens is 397 g/mol. The first-order valence-electron chi connectivity index (χ1n) is 6.75. The van der Waals surface area contributed by atoms with Crippen LogP contribution in [0.2, 0.25) is 10.0 Å². The molecule has 1 N–H and O–H groups in total. The van der Waals surface area contributed by atoms with Crippen molar-refractivity contribution in [3.05, 3.63) is 58.1 Å². The van der Waals surface area contributed by atoms with Gasteiger partial charge in [0.25, 0.3) is 0 Å². The standard InChI is InChI=1S/C15H12Cl2F2N2O3S/c1-25(23,24)21(12-2-3-13(18)14(19)7-12)8-15(22)20-11-5-9(16)4-10(17)6-11/h2-7H,8H2,1H3,(H,20,22). The molecular formula is C15H12Cl2F2N2O3S. The number of halogens is 4. The van der Waals surface area contributed by atoms with Crippen molar-refractivity contribution in [3.63, 3.8) is 0 Å². The third kappa shape index (κ3) is 5.29. The molecule has 2 rings (SSSR count). The Morgan fingerprint density at radius 3 is 2.20 bits per heavy atom. The topological polar surface area (TPSA) is 66.5 Å². The minimum Gasteiger partial charge on any atom is -0.324 e. The van der Waals surface area contributed by atoms with Crippen LogP contribution in [-0.2, 0) is 14.8 Å². The summed E-state index contributed by atoms with van der Waals surface area (Å²) in [6.07, 6.45) is 0.845. The maximum absolute atomic E-state index is 13.4. The summed E-state index contributed by atoms with van der Waals surface area (Å²) in [7, 11) is -3.92. The second-order valence-corrected chi connectivity index (χ2v) is 7.85. The minimum absolute atomic E-state index is 0.180. The highest BCUT2D eigenvalue weighted by molar-refractivity contribution is 7.92. The first-order chi connectivity index (χ1) is 11.6. The summed E-state index contributed by atoms with van der Waals surface area (Å²) >= 11 is 11.6. The molecule has 0 saturated carbocycles. The summed E-state index contributed by atoms with van der Waals surface area (Å²) in [5.41, 5.74) is 0.0851. The van der Waals surface area contributed by atoms with E-state index in [1.54, 1.807) is 0 Å². The molecule has 0 fully saturated rings. The molecule has 0 bridgehead atoms. The zero-order valence-electron chi connectivity index (χ0n) is 12.8. The van der Waals surface area contributed by atoms with Crippen LogP contribution in [0.25, 0.3) is 0 Å². The van der Waals surface area contributed by atoms with E-state index >= 15 is 0 Å². The Balaban J connectivity index is 2.25. The number of sulfonamides is 1. The Hall–Kier alpha value is -1.90. The molecule has 0 unspecified atom stereocenters. The van der Waals surface area contributed by atoms with Gasteiger partial charge in [0.1, 0.15) is 6.54 Å². The molecule has 0 aliphatic heterocycles. The molecule has 0 spiro atoms. The SMILES string of the molecule is CS(=O)(=O)N(CC(=O)Nc1cc(Cl)cc(Cl)c1)c1ccc(F)c(F)c1. The maximum atomic E-state index is 13.4. The van der Waals surface area contributed by atoms with E-state index in [2.05, 4.69) is 5.32 Å². The van der Waals surface area contributed by atoms with Crippen molar-refractivity contribution in [2.24, 2.45) is 0 Å². The fourth-order valence-electron chi connectivity index (χ4n) is 2.00. The molecule has 1 amide bonds. The minimum atomic E-state index is -3.92. The van der Waals surface area contributed by atoms with Gasteiger partial charge in [-0.3, -0.25) is 9.10 Å². The number of hydrogen-bond donors (Lipinski definition) is 1. The van der Waals surface area contributed by atoms with Crippen molar-refractivity contribution in [1.82, 2.24) is 0 Å². The van der Waals surface area contributed by atoms with Crippen molar-refractivity contribution in [2.45, 2.75) is 0 Å². The van der Waals surface area contributed by atoms with Gasteiger partial charge in [-0.1, -0.05) is 23.2 Å². The highest BCUT2D eigenvalue weighted by atomic mass is 35.5. The lowest BCUT2D eigenvalue weighted by molar-refractivity contribution is -0.114. The predicted octanol–water partition coefficient (Wildman–Crippen LogP) is 3.68. The molecule has 0 heterocycles. The van der Waals surface area contributed by atoms with Gasteiger partial charge in [0.2, 0.25) is 15.9 Å². The third-order valence-electron chi connectivity index (χ3n) is 3.03. The van der Waals surface area contributed by atoms with Crippen molar-refractivity contribution in [1.29, 1.82) is 0 Å². The molecule has 0 saturated heterocycles. The highest BCUT2D eigenvalue weighted by Gasteiger charge is 2.22. The van der Waals surface area contributed by atoms with Crippen LogP contribution < -0.4 is 9.62 Å². The summed E-state index contributed by atoms with van der Waals surface area (Å²) in [6, 6.07) is 6.84. The number of carbonyl (C=O) groups is 1. The number of amides is 1. The molecule has 0 atom stereocenters. The van der Waals surface area contributed by atoms with E-state index in [4.69, 9.17) is 23.2 Å². The smallest absolute Gasteiger partial charge is 0.245 e. The van der Waals surface area contributed by atoms with Crippen LogP contribution in [0.15, 0.2) is 36.4 Å². The molecule has 2 aromatic carbocycles. The maximum Gasteiger partial charge on any atom is 0.245 e. The van der Waals surface area contributed by atoms with Gasteiger partial charge in [-0.2, -0.15) is 0 Å². The van der Waals surface area contributed by atoms with E-state index < -0.39 is 34.1 Å².